The first kappa shape index (κ1) is 32.8. The molecule has 14 heteroatoms. The predicted octanol–water partition coefficient (Wildman–Crippen LogP) is -2.09. The molecule has 14 nitrogen and oxygen atoms in total. The average molecular weight is 542 g/mol. The molecule has 1 heterocycles. The van der Waals surface area contributed by atoms with E-state index in [4.69, 9.17) is 17.2 Å². The molecule has 0 bridgehead atoms. The van der Waals surface area contributed by atoms with E-state index in [2.05, 4.69) is 16.0 Å². The molecule has 1 fully saturated rings. The van der Waals surface area contributed by atoms with E-state index in [1.807, 2.05) is 0 Å². The minimum Gasteiger partial charge on any atom is -0.480 e. The van der Waals surface area contributed by atoms with Crippen molar-refractivity contribution < 1.29 is 33.9 Å². The molecule has 0 saturated carbocycles. The van der Waals surface area contributed by atoms with Crippen LogP contribution in [0.25, 0.3) is 0 Å². The van der Waals surface area contributed by atoms with Gasteiger partial charge >= 0.3 is 5.97 Å². The maximum Gasteiger partial charge on any atom is 0.326 e. The molecule has 38 heavy (non-hydrogen) atoms. The van der Waals surface area contributed by atoms with Crippen LogP contribution in [0.4, 0.5) is 0 Å². The van der Waals surface area contributed by atoms with Gasteiger partial charge in [0.15, 0.2) is 0 Å². The molecule has 0 aliphatic carbocycles. The largest absolute Gasteiger partial charge is 0.480 e. The van der Waals surface area contributed by atoms with Crippen molar-refractivity contribution in [1.82, 2.24) is 20.9 Å². The topological polar surface area (TPSA) is 240 Å². The molecule has 1 rings (SSSR count). The number of amides is 5. The Kier molecular flexibility index (Phi) is 13.7. The second kappa shape index (κ2) is 15.9. The van der Waals surface area contributed by atoms with Crippen LogP contribution in [0.1, 0.15) is 65.7 Å². The molecule has 5 amide bonds. The first-order chi connectivity index (χ1) is 17.8. The summed E-state index contributed by atoms with van der Waals surface area (Å²) in [6, 6.07) is -5.12. The smallest absolute Gasteiger partial charge is 0.326 e. The molecule has 0 aromatic rings. The monoisotopic (exact) mass is 541 g/mol. The van der Waals surface area contributed by atoms with Crippen molar-refractivity contribution >= 4 is 35.5 Å². The Labute approximate surface area is 222 Å². The van der Waals surface area contributed by atoms with Crippen molar-refractivity contribution in [2.24, 2.45) is 23.1 Å². The number of hydrogen-bond acceptors (Lipinski definition) is 8. The third-order valence-electron chi connectivity index (χ3n) is 6.47. The van der Waals surface area contributed by atoms with Gasteiger partial charge in [0, 0.05) is 13.0 Å². The summed E-state index contributed by atoms with van der Waals surface area (Å²) in [6.45, 7) is 5.71. The van der Waals surface area contributed by atoms with Crippen molar-refractivity contribution in [2.75, 3.05) is 13.1 Å². The molecule has 1 saturated heterocycles. The SMILES string of the molecule is CC(C)[C@H](N)C(=O)N1CCC[C@H]1C(=O)N[C@@H](CCC(N)=O)C(=O)N[C@@H](C)C(=O)N[C@@H](CCCCN)C(=O)O. The fraction of sp³-hybridized carbons (Fsp3) is 0.750. The van der Waals surface area contributed by atoms with Gasteiger partial charge in [0.25, 0.3) is 0 Å². The van der Waals surface area contributed by atoms with Crippen molar-refractivity contribution in [1.29, 1.82) is 0 Å². The van der Waals surface area contributed by atoms with E-state index < -0.39 is 59.8 Å². The first-order valence-corrected chi connectivity index (χ1v) is 13.0. The van der Waals surface area contributed by atoms with Gasteiger partial charge in [-0.1, -0.05) is 13.8 Å². The number of carboxylic acids is 1. The predicted molar refractivity (Wildman–Crippen MR) is 138 cm³/mol. The Bertz CT molecular complexity index is 867. The molecular formula is C24H43N7O7. The maximum absolute atomic E-state index is 13.1. The van der Waals surface area contributed by atoms with Crippen molar-refractivity contribution in [2.45, 2.75) is 95.9 Å². The highest BCUT2D eigenvalue weighted by atomic mass is 16.4. The van der Waals surface area contributed by atoms with E-state index in [-0.39, 0.29) is 31.1 Å². The molecular weight excluding hydrogens is 498 g/mol. The Morgan fingerprint density at radius 3 is 2.16 bits per heavy atom. The minimum absolute atomic E-state index is 0.130. The molecule has 0 aromatic heterocycles. The molecule has 216 valence electrons. The van der Waals surface area contributed by atoms with Crippen LogP contribution in [0.5, 0.6) is 0 Å². The lowest BCUT2D eigenvalue weighted by Crippen LogP contribution is -2.58. The zero-order valence-corrected chi connectivity index (χ0v) is 22.4. The number of aliphatic carboxylic acids is 1. The number of unbranched alkanes of at least 4 members (excludes halogenated alkanes) is 1. The normalized spacial score (nSPS) is 18.3. The fourth-order valence-corrected chi connectivity index (χ4v) is 4.03. The van der Waals surface area contributed by atoms with Gasteiger partial charge in [0.2, 0.25) is 29.5 Å². The van der Waals surface area contributed by atoms with Crippen LogP contribution in [0.15, 0.2) is 0 Å². The zero-order chi connectivity index (χ0) is 29.0. The summed E-state index contributed by atoms with van der Waals surface area (Å²) in [5.41, 5.74) is 16.6. The lowest BCUT2D eigenvalue weighted by Gasteiger charge is -2.29. The van der Waals surface area contributed by atoms with Gasteiger partial charge in [-0.15, -0.1) is 0 Å². The Hall–Kier alpha value is -3.26. The quantitative estimate of drug-likeness (QED) is 0.106. The van der Waals surface area contributed by atoms with E-state index in [0.29, 0.717) is 38.8 Å². The molecule has 5 atom stereocenters. The number of carbonyl (C=O) groups excluding carboxylic acids is 5. The Morgan fingerprint density at radius 2 is 1.61 bits per heavy atom. The van der Waals surface area contributed by atoms with Crippen LogP contribution >= 0.6 is 0 Å². The molecule has 10 N–H and O–H groups in total. The standard InChI is InChI=1S/C24H43N7O7/c1-13(2)19(27)23(36)31-12-6-8-17(31)22(35)29-15(9-10-18(26)32)21(34)28-14(3)20(33)30-16(24(37)38)7-4-5-11-25/h13-17,19H,4-12,25,27H2,1-3H3,(H2,26,32)(H,28,34)(H,29,35)(H,30,33)(H,37,38)/t14-,15-,16-,17-,19-/m0/s1. The third-order valence-corrected chi connectivity index (χ3v) is 6.47. The van der Waals surface area contributed by atoms with Crippen LogP contribution in [0.2, 0.25) is 0 Å². The number of nitrogens with zero attached hydrogens (tertiary/aromatic N) is 1. The van der Waals surface area contributed by atoms with Gasteiger partial charge in [0.1, 0.15) is 24.2 Å². The van der Waals surface area contributed by atoms with Crippen molar-refractivity contribution in [3.63, 3.8) is 0 Å². The van der Waals surface area contributed by atoms with Gasteiger partial charge in [-0.05, 0) is 57.9 Å². The van der Waals surface area contributed by atoms with Crippen molar-refractivity contribution in [3.05, 3.63) is 0 Å². The summed E-state index contributed by atoms with van der Waals surface area (Å²) in [5, 5.41) is 16.8. The summed E-state index contributed by atoms with van der Waals surface area (Å²) in [5.74, 6) is -4.46. The summed E-state index contributed by atoms with van der Waals surface area (Å²) < 4.78 is 0. The zero-order valence-electron chi connectivity index (χ0n) is 22.4. The second-order valence-electron chi connectivity index (χ2n) is 9.94. The van der Waals surface area contributed by atoms with Crippen LogP contribution in [-0.2, 0) is 28.8 Å². The highest BCUT2D eigenvalue weighted by Gasteiger charge is 2.38. The lowest BCUT2D eigenvalue weighted by molar-refractivity contribution is -0.142. The van der Waals surface area contributed by atoms with E-state index >= 15 is 0 Å². The molecule has 0 aromatic carbocycles. The number of nitrogens with one attached hydrogen (secondary N) is 3. The molecule has 0 radical (unpaired) electrons. The summed E-state index contributed by atoms with van der Waals surface area (Å²) in [4.78, 5) is 75.6. The highest BCUT2D eigenvalue weighted by Crippen LogP contribution is 2.20. The fourth-order valence-electron chi connectivity index (χ4n) is 4.03. The lowest BCUT2D eigenvalue weighted by atomic mass is 10.0. The average Bonchev–Trinajstić information content (AvgIpc) is 3.34. The summed E-state index contributed by atoms with van der Waals surface area (Å²) in [7, 11) is 0. The van der Waals surface area contributed by atoms with Gasteiger partial charge in [-0.3, -0.25) is 24.0 Å². The highest BCUT2D eigenvalue weighted by molar-refractivity contribution is 5.95. The van der Waals surface area contributed by atoms with Crippen LogP contribution < -0.4 is 33.2 Å². The van der Waals surface area contributed by atoms with Gasteiger partial charge < -0.3 is 43.2 Å². The Morgan fingerprint density at radius 1 is 0.947 bits per heavy atom. The van der Waals surface area contributed by atoms with Gasteiger partial charge in [-0.25, -0.2) is 4.79 Å². The molecule has 0 unspecified atom stereocenters. The van der Waals surface area contributed by atoms with Gasteiger partial charge in [-0.2, -0.15) is 0 Å². The number of likely N-dealkylation sites (tertiary alicyclic amines) is 1. The van der Waals surface area contributed by atoms with Crippen LogP contribution in [0.3, 0.4) is 0 Å². The van der Waals surface area contributed by atoms with Crippen molar-refractivity contribution in [3.8, 4) is 0 Å². The van der Waals surface area contributed by atoms with E-state index in [1.54, 1.807) is 13.8 Å². The minimum atomic E-state index is -1.22. The van der Waals surface area contributed by atoms with Gasteiger partial charge in [0.05, 0.1) is 6.04 Å². The Balaban J connectivity index is 2.89. The summed E-state index contributed by atoms with van der Waals surface area (Å²) >= 11 is 0. The van der Waals surface area contributed by atoms with Crippen LogP contribution in [-0.4, -0.2) is 88.8 Å². The molecule has 0 spiro atoms. The number of primary amides is 1. The number of nitrogens with two attached hydrogens (primary N) is 3. The maximum atomic E-state index is 13.1. The summed E-state index contributed by atoms with van der Waals surface area (Å²) in [6.07, 6.45) is 1.88. The van der Waals surface area contributed by atoms with Crippen LogP contribution in [0, 0.1) is 5.92 Å². The van der Waals surface area contributed by atoms with E-state index in [0.717, 1.165) is 0 Å². The molecule has 1 aliphatic rings. The number of carbonyl (C=O) groups is 6. The number of carboxylic acid groups (broad SMARTS) is 1. The molecule has 1 aliphatic heterocycles. The third kappa shape index (κ3) is 10.2. The van der Waals surface area contributed by atoms with E-state index in [9.17, 15) is 33.9 Å². The number of hydrogen-bond donors (Lipinski definition) is 7. The second-order valence-corrected chi connectivity index (χ2v) is 9.94. The first-order valence-electron chi connectivity index (χ1n) is 13.0. The van der Waals surface area contributed by atoms with E-state index in [1.165, 1.54) is 11.8 Å². The number of rotatable bonds is 16.